The highest BCUT2D eigenvalue weighted by molar-refractivity contribution is 6.30. The SMILES string of the molecule is Cc1nccn1CCCNC(C)(C)c1ccc(Cl)cc1. The molecule has 1 heterocycles. The standard InChI is InChI=1S/C16H22ClN3/c1-13-18-10-12-20(13)11-4-9-19-16(2,3)14-5-7-15(17)8-6-14/h5-8,10,12,19H,4,9,11H2,1-3H3. The van der Waals surface area contributed by atoms with Crippen molar-refractivity contribution in [2.24, 2.45) is 0 Å². The van der Waals surface area contributed by atoms with Crippen LogP contribution in [0.3, 0.4) is 0 Å². The first-order valence-corrected chi connectivity index (χ1v) is 7.36. The molecule has 0 aliphatic rings. The minimum atomic E-state index is -0.0471. The van der Waals surface area contributed by atoms with Gasteiger partial charge in [-0.1, -0.05) is 23.7 Å². The van der Waals surface area contributed by atoms with E-state index in [4.69, 9.17) is 11.6 Å². The summed E-state index contributed by atoms with van der Waals surface area (Å²) in [6.07, 6.45) is 4.95. The predicted octanol–water partition coefficient (Wildman–Crippen LogP) is 3.76. The lowest BCUT2D eigenvalue weighted by Crippen LogP contribution is -2.37. The average molecular weight is 292 g/mol. The number of nitrogens with zero attached hydrogens (tertiary/aromatic N) is 2. The number of hydrogen-bond donors (Lipinski definition) is 1. The maximum atomic E-state index is 5.93. The zero-order valence-electron chi connectivity index (χ0n) is 12.4. The van der Waals surface area contributed by atoms with E-state index in [2.05, 4.69) is 40.8 Å². The molecule has 0 saturated carbocycles. The second-order valence-corrected chi connectivity index (χ2v) is 6.02. The van der Waals surface area contributed by atoms with Gasteiger partial charge in [0.2, 0.25) is 0 Å². The van der Waals surface area contributed by atoms with Crippen molar-refractivity contribution in [2.45, 2.75) is 39.3 Å². The van der Waals surface area contributed by atoms with Crippen molar-refractivity contribution in [1.29, 1.82) is 0 Å². The summed E-state index contributed by atoms with van der Waals surface area (Å²) in [5.41, 5.74) is 1.20. The van der Waals surface area contributed by atoms with Gasteiger partial charge in [0.05, 0.1) is 0 Å². The fourth-order valence-corrected chi connectivity index (χ4v) is 2.38. The molecule has 0 radical (unpaired) electrons. The van der Waals surface area contributed by atoms with Gasteiger partial charge in [0.1, 0.15) is 5.82 Å². The van der Waals surface area contributed by atoms with Gasteiger partial charge in [-0.25, -0.2) is 4.98 Å². The summed E-state index contributed by atoms with van der Waals surface area (Å²) in [6.45, 7) is 8.38. The van der Waals surface area contributed by atoms with Crippen LogP contribution in [0.25, 0.3) is 0 Å². The first-order chi connectivity index (χ1) is 9.49. The molecule has 1 aromatic heterocycles. The largest absolute Gasteiger partial charge is 0.335 e. The van der Waals surface area contributed by atoms with Gasteiger partial charge < -0.3 is 9.88 Å². The summed E-state index contributed by atoms with van der Waals surface area (Å²) in [6, 6.07) is 8.04. The number of nitrogens with one attached hydrogen (secondary N) is 1. The van der Waals surface area contributed by atoms with E-state index in [1.165, 1.54) is 5.56 Å². The van der Waals surface area contributed by atoms with Crippen LogP contribution in [0.1, 0.15) is 31.7 Å². The van der Waals surface area contributed by atoms with E-state index in [0.29, 0.717) is 0 Å². The Morgan fingerprint density at radius 1 is 1.25 bits per heavy atom. The molecule has 0 atom stereocenters. The number of halogens is 1. The Morgan fingerprint density at radius 3 is 2.55 bits per heavy atom. The van der Waals surface area contributed by atoms with Crippen molar-refractivity contribution in [2.75, 3.05) is 6.54 Å². The van der Waals surface area contributed by atoms with Gasteiger partial charge >= 0.3 is 0 Å². The topological polar surface area (TPSA) is 29.9 Å². The Kier molecular flexibility index (Phi) is 4.84. The molecule has 0 aliphatic heterocycles. The van der Waals surface area contributed by atoms with E-state index < -0.39 is 0 Å². The van der Waals surface area contributed by atoms with E-state index >= 15 is 0 Å². The quantitative estimate of drug-likeness (QED) is 0.821. The maximum Gasteiger partial charge on any atom is 0.105 e. The minimum Gasteiger partial charge on any atom is -0.335 e. The van der Waals surface area contributed by atoms with Crippen LogP contribution in [0.4, 0.5) is 0 Å². The lowest BCUT2D eigenvalue weighted by Gasteiger charge is -2.27. The van der Waals surface area contributed by atoms with Crippen LogP contribution in [0.2, 0.25) is 5.02 Å². The molecule has 20 heavy (non-hydrogen) atoms. The molecule has 1 N–H and O–H groups in total. The Morgan fingerprint density at radius 2 is 1.95 bits per heavy atom. The van der Waals surface area contributed by atoms with Crippen LogP contribution in [0, 0.1) is 6.92 Å². The predicted molar refractivity (Wildman–Crippen MR) is 84.1 cm³/mol. The molecule has 0 fully saturated rings. The van der Waals surface area contributed by atoms with Gasteiger partial charge in [-0.2, -0.15) is 0 Å². The Balaban J connectivity index is 1.83. The summed E-state index contributed by atoms with van der Waals surface area (Å²) >= 11 is 5.93. The van der Waals surface area contributed by atoms with Crippen LogP contribution >= 0.6 is 11.6 Å². The van der Waals surface area contributed by atoms with Crippen LogP contribution in [0.15, 0.2) is 36.7 Å². The highest BCUT2D eigenvalue weighted by atomic mass is 35.5. The molecule has 2 rings (SSSR count). The molecule has 0 aliphatic carbocycles. The third-order valence-corrected chi connectivity index (χ3v) is 3.88. The molecule has 108 valence electrons. The van der Waals surface area contributed by atoms with Gasteiger partial charge in [-0.3, -0.25) is 0 Å². The second kappa shape index (κ2) is 6.42. The van der Waals surface area contributed by atoms with Gasteiger partial charge in [0, 0.05) is 29.5 Å². The van der Waals surface area contributed by atoms with Crippen molar-refractivity contribution in [1.82, 2.24) is 14.9 Å². The Hall–Kier alpha value is -1.32. The molecule has 4 heteroatoms. The first-order valence-electron chi connectivity index (χ1n) is 6.98. The van der Waals surface area contributed by atoms with Crippen molar-refractivity contribution < 1.29 is 0 Å². The number of hydrogen-bond acceptors (Lipinski definition) is 2. The number of benzene rings is 1. The molecule has 2 aromatic rings. The van der Waals surface area contributed by atoms with Crippen molar-refractivity contribution in [3.8, 4) is 0 Å². The molecular weight excluding hydrogens is 270 g/mol. The molecule has 0 amide bonds. The third-order valence-electron chi connectivity index (χ3n) is 3.63. The zero-order valence-corrected chi connectivity index (χ0v) is 13.1. The second-order valence-electron chi connectivity index (χ2n) is 5.58. The monoisotopic (exact) mass is 291 g/mol. The Bertz CT molecular complexity index is 543. The maximum absolute atomic E-state index is 5.93. The lowest BCUT2D eigenvalue weighted by atomic mass is 9.94. The highest BCUT2D eigenvalue weighted by Gasteiger charge is 2.18. The van der Waals surface area contributed by atoms with E-state index in [1.54, 1.807) is 0 Å². The summed E-state index contributed by atoms with van der Waals surface area (Å²) in [7, 11) is 0. The van der Waals surface area contributed by atoms with Gasteiger partial charge in [-0.15, -0.1) is 0 Å². The minimum absolute atomic E-state index is 0.0471. The first kappa shape index (κ1) is 15.1. The highest BCUT2D eigenvalue weighted by Crippen LogP contribution is 2.21. The van der Waals surface area contributed by atoms with Crippen molar-refractivity contribution in [3.63, 3.8) is 0 Å². The summed E-state index contributed by atoms with van der Waals surface area (Å²) < 4.78 is 2.18. The van der Waals surface area contributed by atoms with Crippen LogP contribution in [-0.2, 0) is 12.1 Å². The van der Waals surface area contributed by atoms with Crippen molar-refractivity contribution >= 4 is 11.6 Å². The smallest absolute Gasteiger partial charge is 0.105 e. The third kappa shape index (κ3) is 3.84. The van der Waals surface area contributed by atoms with Gasteiger partial charge in [0.15, 0.2) is 0 Å². The number of aryl methyl sites for hydroxylation is 2. The summed E-state index contributed by atoms with van der Waals surface area (Å²) in [4.78, 5) is 4.23. The number of aromatic nitrogens is 2. The average Bonchev–Trinajstić information content (AvgIpc) is 2.81. The summed E-state index contributed by atoms with van der Waals surface area (Å²) in [5.74, 6) is 1.07. The fourth-order valence-electron chi connectivity index (χ4n) is 2.26. The van der Waals surface area contributed by atoms with E-state index in [-0.39, 0.29) is 5.54 Å². The van der Waals surface area contributed by atoms with Gasteiger partial charge in [-0.05, 0) is 51.4 Å². The van der Waals surface area contributed by atoms with E-state index in [1.807, 2.05) is 31.5 Å². The lowest BCUT2D eigenvalue weighted by molar-refractivity contribution is 0.392. The normalized spacial score (nSPS) is 11.8. The van der Waals surface area contributed by atoms with Crippen LogP contribution in [-0.4, -0.2) is 16.1 Å². The van der Waals surface area contributed by atoms with Crippen LogP contribution < -0.4 is 5.32 Å². The van der Waals surface area contributed by atoms with Crippen LogP contribution in [0.5, 0.6) is 0 Å². The molecule has 1 aromatic carbocycles. The zero-order chi connectivity index (χ0) is 14.6. The molecule has 3 nitrogen and oxygen atoms in total. The molecule has 0 bridgehead atoms. The molecule has 0 saturated heterocycles. The fraction of sp³-hybridized carbons (Fsp3) is 0.438. The Labute approximate surface area is 126 Å². The van der Waals surface area contributed by atoms with Crippen molar-refractivity contribution in [3.05, 3.63) is 53.1 Å². The summed E-state index contributed by atoms with van der Waals surface area (Å²) in [5, 5.41) is 4.38. The number of rotatable bonds is 6. The van der Waals surface area contributed by atoms with E-state index in [0.717, 1.165) is 30.4 Å². The molecule has 0 spiro atoms. The van der Waals surface area contributed by atoms with E-state index in [9.17, 15) is 0 Å². The molecule has 0 unspecified atom stereocenters. The van der Waals surface area contributed by atoms with Gasteiger partial charge in [0.25, 0.3) is 0 Å². The number of imidazole rings is 1. The molecular formula is C16H22ClN3.